The van der Waals surface area contributed by atoms with Gasteiger partial charge in [-0.3, -0.25) is 0 Å². The SMILES string of the molecule is c1ccc2c(c1)oc1ccc3c(N(c4ccc5sc6ccccc6c5c4)c4ccc5sc6ccccc6c5c4)cccc3c12. The summed E-state index contributed by atoms with van der Waals surface area (Å²) in [4.78, 5) is 2.44. The van der Waals surface area contributed by atoms with Gasteiger partial charge in [0.25, 0.3) is 0 Å². The molecule has 0 saturated carbocycles. The van der Waals surface area contributed by atoms with Crippen molar-refractivity contribution in [3.8, 4) is 0 Å². The summed E-state index contributed by atoms with van der Waals surface area (Å²) in [6.45, 7) is 0. The Morgan fingerprint density at radius 3 is 1.64 bits per heavy atom. The Balaban J connectivity index is 1.29. The Labute approximate surface area is 260 Å². The van der Waals surface area contributed by atoms with Crippen LogP contribution < -0.4 is 4.90 Å². The fourth-order valence-corrected chi connectivity index (χ4v) is 9.07. The van der Waals surface area contributed by atoms with E-state index in [0.29, 0.717) is 0 Å². The monoisotopic (exact) mass is 597 g/mol. The minimum Gasteiger partial charge on any atom is -0.456 e. The van der Waals surface area contributed by atoms with Crippen LogP contribution in [0, 0.1) is 0 Å². The van der Waals surface area contributed by atoms with Crippen molar-refractivity contribution in [2.75, 3.05) is 4.90 Å². The van der Waals surface area contributed by atoms with E-state index in [9.17, 15) is 0 Å². The average Bonchev–Trinajstić information content (AvgIpc) is 3.76. The number of thiophene rings is 2. The van der Waals surface area contributed by atoms with E-state index >= 15 is 0 Å². The topological polar surface area (TPSA) is 16.4 Å². The van der Waals surface area contributed by atoms with Crippen LogP contribution in [0.4, 0.5) is 17.1 Å². The van der Waals surface area contributed by atoms with Crippen LogP contribution in [0.1, 0.15) is 0 Å². The van der Waals surface area contributed by atoms with Gasteiger partial charge in [-0.15, -0.1) is 22.7 Å². The van der Waals surface area contributed by atoms with Gasteiger partial charge >= 0.3 is 0 Å². The Morgan fingerprint density at radius 2 is 0.955 bits per heavy atom. The molecule has 0 N–H and O–H groups in total. The van der Waals surface area contributed by atoms with Gasteiger partial charge in [0.2, 0.25) is 0 Å². The van der Waals surface area contributed by atoms with Crippen molar-refractivity contribution in [2.24, 2.45) is 0 Å². The van der Waals surface area contributed by atoms with Crippen LogP contribution in [0.5, 0.6) is 0 Å². The minimum absolute atomic E-state index is 0.916. The Bertz CT molecular complexity index is 2630. The number of furan rings is 1. The zero-order chi connectivity index (χ0) is 28.8. The van der Waals surface area contributed by atoms with Crippen LogP contribution in [-0.4, -0.2) is 0 Å². The van der Waals surface area contributed by atoms with Gasteiger partial charge in [0.15, 0.2) is 0 Å². The third-order valence-electron chi connectivity index (χ3n) is 8.85. The van der Waals surface area contributed by atoms with Crippen LogP contribution in [0.2, 0.25) is 0 Å². The summed E-state index contributed by atoms with van der Waals surface area (Å²) in [6, 6.07) is 50.7. The van der Waals surface area contributed by atoms with Gasteiger partial charge in [0, 0.05) is 67.9 Å². The van der Waals surface area contributed by atoms with Crippen molar-refractivity contribution in [1.82, 2.24) is 0 Å². The van der Waals surface area contributed by atoms with Crippen molar-refractivity contribution >= 4 is 113 Å². The smallest absolute Gasteiger partial charge is 0.136 e. The molecule has 0 spiro atoms. The van der Waals surface area contributed by atoms with E-state index in [-0.39, 0.29) is 0 Å². The maximum atomic E-state index is 6.28. The molecule has 0 aliphatic heterocycles. The number of benzene rings is 7. The molecule has 0 aliphatic rings. The van der Waals surface area contributed by atoms with Crippen LogP contribution in [0.3, 0.4) is 0 Å². The summed E-state index contributed by atoms with van der Waals surface area (Å²) in [5, 5.41) is 9.89. The second-order valence-electron chi connectivity index (χ2n) is 11.3. The molecule has 10 rings (SSSR count). The van der Waals surface area contributed by atoms with E-state index in [4.69, 9.17) is 4.42 Å². The molecule has 0 aliphatic carbocycles. The van der Waals surface area contributed by atoms with Gasteiger partial charge in [-0.25, -0.2) is 0 Å². The van der Waals surface area contributed by atoms with E-state index in [1.807, 2.05) is 28.7 Å². The Morgan fingerprint density at radius 1 is 0.386 bits per heavy atom. The molecular formula is C40H23NOS2. The number of rotatable bonds is 3. The fraction of sp³-hybridized carbons (Fsp3) is 0. The van der Waals surface area contributed by atoms with E-state index in [1.165, 1.54) is 56.5 Å². The van der Waals surface area contributed by atoms with Gasteiger partial charge < -0.3 is 9.32 Å². The quantitative estimate of drug-likeness (QED) is 0.201. The van der Waals surface area contributed by atoms with Crippen LogP contribution >= 0.6 is 22.7 Å². The van der Waals surface area contributed by atoms with Crippen molar-refractivity contribution in [1.29, 1.82) is 0 Å². The molecule has 4 heteroatoms. The molecule has 0 saturated heterocycles. The molecule has 0 fully saturated rings. The molecule has 44 heavy (non-hydrogen) atoms. The van der Waals surface area contributed by atoms with Crippen molar-refractivity contribution in [3.05, 3.63) is 140 Å². The fourth-order valence-electron chi connectivity index (χ4n) is 6.89. The maximum absolute atomic E-state index is 6.28. The molecule has 0 amide bonds. The normalized spacial score (nSPS) is 12.1. The van der Waals surface area contributed by atoms with Crippen molar-refractivity contribution in [3.63, 3.8) is 0 Å². The van der Waals surface area contributed by atoms with Crippen molar-refractivity contribution in [2.45, 2.75) is 0 Å². The molecule has 0 unspecified atom stereocenters. The summed E-state index contributed by atoms with van der Waals surface area (Å²) >= 11 is 3.71. The highest BCUT2D eigenvalue weighted by Gasteiger charge is 2.20. The number of nitrogens with zero attached hydrogens (tertiary/aromatic N) is 1. The highest BCUT2D eigenvalue weighted by molar-refractivity contribution is 7.26. The lowest BCUT2D eigenvalue weighted by molar-refractivity contribution is 0.669. The summed E-state index contributed by atoms with van der Waals surface area (Å²) < 4.78 is 11.5. The van der Waals surface area contributed by atoms with E-state index < -0.39 is 0 Å². The predicted molar refractivity (Wildman–Crippen MR) is 192 cm³/mol. The predicted octanol–water partition coefficient (Wildman–Crippen LogP) is 12.9. The molecule has 0 radical (unpaired) electrons. The first kappa shape index (κ1) is 24.3. The lowest BCUT2D eigenvalue weighted by Crippen LogP contribution is -2.10. The van der Waals surface area contributed by atoms with Gasteiger partial charge in [-0.2, -0.15) is 0 Å². The molecular weight excluding hydrogens is 575 g/mol. The van der Waals surface area contributed by atoms with E-state index in [2.05, 4.69) is 138 Å². The van der Waals surface area contributed by atoms with Gasteiger partial charge in [-0.05, 0) is 78.2 Å². The number of para-hydroxylation sites is 1. The minimum atomic E-state index is 0.916. The first-order valence-corrected chi connectivity index (χ1v) is 16.4. The zero-order valence-electron chi connectivity index (χ0n) is 23.5. The zero-order valence-corrected chi connectivity index (χ0v) is 25.1. The lowest BCUT2D eigenvalue weighted by atomic mass is 10.0. The van der Waals surface area contributed by atoms with Crippen LogP contribution in [0.15, 0.2) is 144 Å². The lowest BCUT2D eigenvalue weighted by Gasteiger charge is -2.27. The molecule has 0 atom stereocenters. The number of hydrogen-bond acceptors (Lipinski definition) is 4. The molecule has 2 nitrogen and oxygen atoms in total. The molecule has 0 bridgehead atoms. The maximum Gasteiger partial charge on any atom is 0.136 e. The Kier molecular flexibility index (Phi) is 5.06. The second kappa shape index (κ2) is 9.17. The van der Waals surface area contributed by atoms with Crippen LogP contribution in [-0.2, 0) is 0 Å². The number of hydrogen-bond donors (Lipinski definition) is 0. The van der Waals surface area contributed by atoms with E-state index in [0.717, 1.165) is 33.6 Å². The first-order chi connectivity index (χ1) is 21.8. The first-order valence-electron chi connectivity index (χ1n) is 14.8. The highest BCUT2D eigenvalue weighted by Crippen LogP contribution is 2.46. The second-order valence-corrected chi connectivity index (χ2v) is 13.5. The van der Waals surface area contributed by atoms with Crippen LogP contribution in [0.25, 0.3) is 73.1 Å². The van der Waals surface area contributed by atoms with Gasteiger partial charge in [0.05, 0.1) is 5.69 Å². The molecule has 3 aromatic heterocycles. The van der Waals surface area contributed by atoms with Gasteiger partial charge in [0.1, 0.15) is 11.2 Å². The molecule has 10 aromatic rings. The molecule has 7 aromatic carbocycles. The van der Waals surface area contributed by atoms with Crippen molar-refractivity contribution < 1.29 is 4.42 Å². The summed E-state index contributed by atoms with van der Waals surface area (Å²) in [5.74, 6) is 0. The third kappa shape index (κ3) is 3.47. The Hall–Kier alpha value is -5.16. The molecule has 206 valence electrons. The average molecular weight is 598 g/mol. The number of anilines is 3. The highest BCUT2D eigenvalue weighted by atomic mass is 32.1. The summed E-state index contributed by atoms with van der Waals surface area (Å²) in [6.07, 6.45) is 0. The largest absolute Gasteiger partial charge is 0.456 e. The summed E-state index contributed by atoms with van der Waals surface area (Å²) in [7, 11) is 0. The number of fused-ring (bicyclic) bond motifs is 11. The van der Waals surface area contributed by atoms with Gasteiger partial charge in [-0.1, -0.05) is 66.7 Å². The standard InChI is InChI=1S/C40H23NOS2/c1-4-13-34-30(10-1)40-29-11-7-12-33(26(29)18-19-35(40)42-34)41(24-16-20-38-31(22-24)27-8-2-5-14-36(27)43-38)25-17-21-39-32(23-25)28-9-3-6-15-37(28)44-39/h1-23H. The summed E-state index contributed by atoms with van der Waals surface area (Å²) in [5.41, 5.74) is 5.27. The molecule has 3 heterocycles. The van der Waals surface area contributed by atoms with E-state index in [1.54, 1.807) is 0 Å². The third-order valence-corrected chi connectivity index (χ3v) is 11.2.